The van der Waals surface area contributed by atoms with E-state index >= 15 is 0 Å². The summed E-state index contributed by atoms with van der Waals surface area (Å²) in [6, 6.07) is 1.36. The molecule has 0 aliphatic carbocycles. The van der Waals surface area contributed by atoms with E-state index in [1.54, 1.807) is 9.47 Å². The number of hydrogen-bond donors (Lipinski definition) is 0. The lowest BCUT2D eigenvalue weighted by molar-refractivity contribution is 0.0734. The fourth-order valence-electron chi connectivity index (χ4n) is 2.18. The van der Waals surface area contributed by atoms with E-state index in [9.17, 15) is 13.2 Å². The van der Waals surface area contributed by atoms with Gasteiger partial charge >= 0.3 is 0 Å². The Kier molecular flexibility index (Phi) is 6.28. The van der Waals surface area contributed by atoms with Crippen LogP contribution in [0.25, 0.3) is 0 Å². The molecule has 7 heteroatoms. The van der Waals surface area contributed by atoms with Gasteiger partial charge in [-0.15, -0.1) is 0 Å². The molecule has 1 rings (SSSR count). The minimum Gasteiger partial charge on any atom is -0.342 e. The van der Waals surface area contributed by atoms with Crippen LogP contribution in [0.1, 0.15) is 44.6 Å². The quantitative estimate of drug-likeness (QED) is 0.720. The number of aryl methyl sites for hydroxylation is 1. The summed E-state index contributed by atoms with van der Waals surface area (Å²) in [4.78, 5) is 14.3. The molecule has 0 fully saturated rings. The minimum atomic E-state index is -3.83. The van der Waals surface area contributed by atoms with Gasteiger partial charge in [-0.2, -0.15) is 0 Å². The molecular formula is C14H23ClN2O3S. The molecule has 1 heterocycles. The second kappa shape index (κ2) is 7.31. The fraction of sp³-hybridized carbons (Fsp3) is 0.643. The summed E-state index contributed by atoms with van der Waals surface area (Å²) in [5, 5.41) is 0. The standard InChI is InChI=1S/C14H23ClN2O3S/c1-5-7-17-10-12(21(15,19)20)8-13(17)14(18)16(6-2)9-11(3)4/h8,10-11H,5-7,9H2,1-4H3. The molecule has 0 bridgehead atoms. The highest BCUT2D eigenvalue weighted by Gasteiger charge is 2.23. The Bertz CT molecular complexity index is 593. The normalized spacial score (nSPS) is 11.9. The lowest BCUT2D eigenvalue weighted by Crippen LogP contribution is -2.35. The number of carbonyl (C=O) groups excluding carboxylic acids is 1. The van der Waals surface area contributed by atoms with E-state index in [1.165, 1.54) is 12.3 Å². The third-order valence-electron chi connectivity index (χ3n) is 3.09. The maximum Gasteiger partial charge on any atom is 0.270 e. The molecule has 21 heavy (non-hydrogen) atoms. The van der Waals surface area contributed by atoms with E-state index in [4.69, 9.17) is 10.7 Å². The van der Waals surface area contributed by atoms with Gasteiger partial charge in [0.05, 0.1) is 0 Å². The van der Waals surface area contributed by atoms with Gasteiger partial charge in [0, 0.05) is 36.5 Å². The van der Waals surface area contributed by atoms with Crippen molar-refractivity contribution >= 4 is 25.6 Å². The smallest absolute Gasteiger partial charge is 0.270 e. The third-order valence-corrected chi connectivity index (χ3v) is 4.41. The van der Waals surface area contributed by atoms with Crippen molar-refractivity contribution in [3.63, 3.8) is 0 Å². The predicted molar refractivity (Wildman–Crippen MR) is 84.2 cm³/mol. The lowest BCUT2D eigenvalue weighted by Gasteiger charge is -2.23. The number of carbonyl (C=O) groups is 1. The average Bonchev–Trinajstić information content (AvgIpc) is 2.79. The summed E-state index contributed by atoms with van der Waals surface area (Å²) in [6.07, 6.45) is 2.23. The van der Waals surface area contributed by atoms with Gasteiger partial charge in [-0.1, -0.05) is 20.8 Å². The molecule has 120 valence electrons. The monoisotopic (exact) mass is 334 g/mol. The van der Waals surface area contributed by atoms with Crippen molar-refractivity contribution in [3.8, 4) is 0 Å². The van der Waals surface area contributed by atoms with Crippen LogP contribution in [0.3, 0.4) is 0 Å². The highest BCUT2D eigenvalue weighted by molar-refractivity contribution is 8.13. The van der Waals surface area contributed by atoms with Crippen LogP contribution in [-0.2, 0) is 15.6 Å². The first kappa shape index (κ1) is 18.0. The Morgan fingerprint density at radius 3 is 2.43 bits per heavy atom. The van der Waals surface area contributed by atoms with Crippen LogP contribution in [0.5, 0.6) is 0 Å². The number of aromatic nitrogens is 1. The number of hydrogen-bond acceptors (Lipinski definition) is 3. The lowest BCUT2D eigenvalue weighted by atomic mass is 10.2. The summed E-state index contributed by atoms with van der Waals surface area (Å²) in [6.45, 7) is 9.74. The van der Waals surface area contributed by atoms with Crippen LogP contribution >= 0.6 is 10.7 Å². The van der Waals surface area contributed by atoms with Gasteiger partial charge in [-0.25, -0.2) is 8.42 Å². The predicted octanol–water partition coefficient (Wildman–Crippen LogP) is 2.94. The first-order valence-electron chi connectivity index (χ1n) is 7.14. The summed E-state index contributed by atoms with van der Waals surface area (Å²) in [7, 11) is 1.55. The van der Waals surface area contributed by atoms with Gasteiger partial charge < -0.3 is 9.47 Å². The van der Waals surface area contributed by atoms with Crippen LogP contribution in [0.2, 0.25) is 0 Å². The molecule has 0 aliphatic heterocycles. The van der Waals surface area contributed by atoms with Gasteiger partial charge in [0.1, 0.15) is 10.6 Å². The van der Waals surface area contributed by atoms with E-state index in [1.807, 2.05) is 27.7 Å². The number of rotatable bonds is 7. The summed E-state index contributed by atoms with van der Waals surface area (Å²) < 4.78 is 24.6. The molecule has 5 nitrogen and oxygen atoms in total. The Hall–Kier alpha value is -1.01. The van der Waals surface area contributed by atoms with Crippen molar-refractivity contribution in [1.82, 2.24) is 9.47 Å². The molecule has 0 unspecified atom stereocenters. The zero-order chi connectivity index (χ0) is 16.2. The fourth-order valence-corrected chi connectivity index (χ4v) is 2.94. The summed E-state index contributed by atoms with van der Waals surface area (Å²) >= 11 is 0. The SMILES string of the molecule is CCCn1cc(S(=O)(=O)Cl)cc1C(=O)N(CC)CC(C)C. The number of amides is 1. The van der Waals surface area contributed by atoms with E-state index in [0.29, 0.717) is 31.2 Å². The minimum absolute atomic E-state index is 0.0263. The van der Waals surface area contributed by atoms with Crippen LogP contribution in [-0.4, -0.2) is 36.9 Å². The van der Waals surface area contributed by atoms with Crippen molar-refractivity contribution in [2.45, 2.75) is 45.6 Å². The molecule has 0 saturated heterocycles. The molecule has 0 radical (unpaired) electrons. The molecule has 1 aromatic heterocycles. The summed E-state index contributed by atoms with van der Waals surface area (Å²) in [5.41, 5.74) is 0.374. The first-order chi connectivity index (χ1) is 9.70. The van der Waals surface area contributed by atoms with E-state index in [2.05, 4.69) is 0 Å². The van der Waals surface area contributed by atoms with Crippen molar-refractivity contribution in [2.24, 2.45) is 5.92 Å². The molecule has 0 saturated carbocycles. The molecule has 0 N–H and O–H groups in total. The van der Waals surface area contributed by atoms with Gasteiger partial charge in [-0.05, 0) is 25.3 Å². The van der Waals surface area contributed by atoms with Crippen LogP contribution in [0.4, 0.5) is 0 Å². The molecule has 0 aromatic carbocycles. The van der Waals surface area contributed by atoms with E-state index in [-0.39, 0.29) is 10.8 Å². The third kappa shape index (κ3) is 4.74. The molecular weight excluding hydrogens is 312 g/mol. The van der Waals surface area contributed by atoms with E-state index in [0.717, 1.165) is 6.42 Å². The van der Waals surface area contributed by atoms with Gasteiger partial charge in [0.15, 0.2) is 0 Å². The highest BCUT2D eigenvalue weighted by Crippen LogP contribution is 2.20. The number of halogens is 1. The average molecular weight is 335 g/mol. The van der Waals surface area contributed by atoms with Crippen molar-refractivity contribution in [1.29, 1.82) is 0 Å². The van der Waals surface area contributed by atoms with Gasteiger partial charge in [-0.3, -0.25) is 4.79 Å². The van der Waals surface area contributed by atoms with Crippen molar-refractivity contribution in [3.05, 3.63) is 18.0 Å². The Morgan fingerprint density at radius 1 is 1.38 bits per heavy atom. The molecule has 0 atom stereocenters. The van der Waals surface area contributed by atoms with Gasteiger partial charge in [0.25, 0.3) is 15.0 Å². The highest BCUT2D eigenvalue weighted by atomic mass is 35.7. The Labute approximate surface area is 131 Å². The second-order valence-corrected chi connectivity index (χ2v) is 8.00. The Morgan fingerprint density at radius 2 is 2.00 bits per heavy atom. The maximum atomic E-state index is 12.6. The molecule has 1 amide bonds. The molecule has 1 aromatic rings. The van der Waals surface area contributed by atoms with Crippen LogP contribution in [0.15, 0.2) is 17.2 Å². The largest absolute Gasteiger partial charge is 0.342 e. The molecule has 0 spiro atoms. The van der Waals surface area contributed by atoms with Gasteiger partial charge in [0.2, 0.25) is 0 Å². The zero-order valence-corrected chi connectivity index (χ0v) is 14.5. The Balaban J connectivity index is 3.20. The number of nitrogens with zero attached hydrogens (tertiary/aromatic N) is 2. The van der Waals surface area contributed by atoms with E-state index < -0.39 is 9.05 Å². The van der Waals surface area contributed by atoms with Crippen LogP contribution < -0.4 is 0 Å². The maximum absolute atomic E-state index is 12.6. The zero-order valence-electron chi connectivity index (χ0n) is 13.0. The summed E-state index contributed by atoms with van der Waals surface area (Å²) in [5.74, 6) is 0.186. The molecule has 0 aliphatic rings. The first-order valence-corrected chi connectivity index (χ1v) is 9.45. The van der Waals surface area contributed by atoms with Crippen molar-refractivity contribution < 1.29 is 13.2 Å². The van der Waals surface area contributed by atoms with Crippen LogP contribution in [0, 0.1) is 5.92 Å². The second-order valence-electron chi connectivity index (χ2n) is 5.43. The topological polar surface area (TPSA) is 59.4 Å². The van der Waals surface area contributed by atoms with Crippen molar-refractivity contribution in [2.75, 3.05) is 13.1 Å².